The predicted molar refractivity (Wildman–Crippen MR) is 105 cm³/mol. The third-order valence-corrected chi connectivity index (χ3v) is 3.90. The van der Waals surface area contributed by atoms with E-state index in [9.17, 15) is 14.9 Å². The first-order chi connectivity index (χ1) is 12.9. The molecule has 0 aromatic heterocycles. The van der Waals surface area contributed by atoms with Crippen LogP contribution in [-0.4, -0.2) is 35.9 Å². The van der Waals surface area contributed by atoms with Crippen LogP contribution in [0.15, 0.2) is 55.1 Å². The predicted octanol–water partition coefficient (Wildman–Crippen LogP) is 3.88. The summed E-state index contributed by atoms with van der Waals surface area (Å²) in [5, 5.41) is 13.6. The van der Waals surface area contributed by atoms with Gasteiger partial charge in [-0.3, -0.25) is 19.8 Å². The number of nitrogens with one attached hydrogen (secondary N) is 1. The topological polar surface area (TPSA) is 84.7 Å². The molecule has 0 saturated carbocycles. The van der Waals surface area contributed by atoms with Crippen molar-refractivity contribution >= 4 is 28.9 Å². The Morgan fingerprint density at radius 3 is 2.67 bits per heavy atom. The normalized spacial score (nSPS) is 10.5. The van der Waals surface area contributed by atoms with Crippen LogP contribution in [-0.2, 0) is 11.3 Å². The maximum Gasteiger partial charge on any atom is 0.289 e. The number of hydrogen-bond donors (Lipinski definition) is 1. The van der Waals surface area contributed by atoms with Gasteiger partial charge in [-0.25, -0.2) is 0 Å². The molecule has 8 heteroatoms. The van der Waals surface area contributed by atoms with Crippen molar-refractivity contribution in [3.8, 4) is 5.75 Å². The van der Waals surface area contributed by atoms with Crippen LogP contribution >= 0.6 is 11.6 Å². The van der Waals surface area contributed by atoms with E-state index < -0.39 is 4.92 Å². The smallest absolute Gasteiger partial charge is 0.289 e. The molecule has 0 saturated heterocycles. The van der Waals surface area contributed by atoms with Gasteiger partial charge in [0.1, 0.15) is 17.4 Å². The number of rotatable bonds is 9. The number of amides is 1. The molecule has 0 atom stereocenters. The molecule has 0 unspecified atom stereocenters. The van der Waals surface area contributed by atoms with Gasteiger partial charge in [-0.1, -0.05) is 36.4 Å². The van der Waals surface area contributed by atoms with Crippen molar-refractivity contribution in [1.29, 1.82) is 0 Å². The minimum Gasteiger partial charge on any atom is -0.490 e. The fourth-order valence-electron chi connectivity index (χ4n) is 2.39. The maximum absolute atomic E-state index is 12.2. The van der Waals surface area contributed by atoms with Gasteiger partial charge >= 0.3 is 0 Å². The third kappa shape index (κ3) is 6.40. The molecule has 0 spiro atoms. The first kappa shape index (κ1) is 20.4. The van der Waals surface area contributed by atoms with Crippen LogP contribution in [0.4, 0.5) is 11.4 Å². The summed E-state index contributed by atoms with van der Waals surface area (Å²) >= 11 is 5.77. The highest BCUT2D eigenvalue weighted by Gasteiger charge is 2.14. The van der Waals surface area contributed by atoms with Crippen LogP contribution in [0.25, 0.3) is 0 Å². The summed E-state index contributed by atoms with van der Waals surface area (Å²) in [6, 6.07) is 11.7. The molecule has 2 rings (SSSR count). The number of anilines is 1. The van der Waals surface area contributed by atoms with E-state index in [1.165, 1.54) is 18.2 Å². The van der Waals surface area contributed by atoms with Gasteiger partial charge < -0.3 is 10.1 Å². The molecule has 0 heterocycles. The Labute approximate surface area is 162 Å². The molecule has 1 amide bonds. The first-order valence-corrected chi connectivity index (χ1v) is 8.52. The molecule has 0 aliphatic carbocycles. The van der Waals surface area contributed by atoms with E-state index >= 15 is 0 Å². The molecular weight excluding hydrogens is 370 g/mol. The van der Waals surface area contributed by atoms with Crippen molar-refractivity contribution in [3.63, 3.8) is 0 Å². The Bertz CT molecular complexity index is 824. The summed E-state index contributed by atoms with van der Waals surface area (Å²) < 4.78 is 5.43. The standard InChI is InChI=1S/C19H20ClN3O4/c1-3-10-27-16-7-4-14(5-8-16)12-22(2)13-19(24)21-15-6-9-17(20)18(11-15)23(25)26/h3-9,11H,1,10,12-13H2,2H3,(H,21,24). The Kier molecular flexibility index (Phi) is 7.34. The van der Waals surface area contributed by atoms with Gasteiger partial charge in [-0.2, -0.15) is 0 Å². The molecule has 2 aromatic carbocycles. The Balaban J connectivity index is 1.89. The maximum atomic E-state index is 12.2. The van der Waals surface area contributed by atoms with Gasteiger partial charge in [0.15, 0.2) is 0 Å². The summed E-state index contributed by atoms with van der Waals surface area (Å²) in [6.07, 6.45) is 1.68. The van der Waals surface area contributed by atoms with Crippen LogP contribution in [0.2, 0.25) is 5.02 Å². The summed E-state index contributed by atoms with van der Waals surface area (Å²) in [5.74, 6) is 0.475. The number of hydrogen-bond acceptors (Lipinski definition) is 5. The Morgan fingerprint density at radius 1 is 1.33 bits per heavy atom. The van der Waals surface area contributed by atoms with Crippen LogP contribution in [0.3, 0.4) is 0 Å². The molecule has 7 nitrogen and oxygen atoms in total. The van der Waals surface area contributed by atoms with Crippen LogP contribution in [0.5, 0.6) is 5.75 Å². The van der Waals surface area contributed by atoms with Crippen molar-refractivity contribution in [1.82, 2.24) is 4.90 Å². The highest BCUT2D eigenvalue weighted by atomic mass is 35.5. The van der Waals surface area contributed by atoms with E-state index in [0.717, 1.165) is 11.3 Å². The molecule has 0 aliphatic rings. The van der Waals surface area contributed by atoms with Crippen LogP contribution in [0, 0.1) is 10.1 Å². The molecule has 0 fully saturated rings. The van der Waals surface area contributed by atoms with Gasteiger partial charge in [-0.15, -0.1) is 0 Å². The van der Waals surface area contributed by atoms with E-state index in [4.69, 9.17) is 16.3 Å². The monoisotopic (exact) mass is 389 g/mol. The SMILES string of the molecule is C=CCOc1ccc(CN(C)CC(=O)Nc2ccc(Cl)c([N+](=O)[O-])c2)cc1. The average molecular weight is 390 g/mol. The minimum atomic E-state index is -0.591. The fraction of sp³-hybridized carbons (Fsp3) is 0.211. The third-order valence-electron chi connectivity index (χ3n) is 3.58. The summed E-state index contributed by atoms with van der Waals surface area (Å²) in [6.45, 7) is 4.74. The zero-order chi connectivity index (χ0) is 19.8. The second kappa shape index (κ2) is 9.70. The highest BCUT2D eigenvalue weighted by Crippen LogP contribution is 2.27. The molecule has 0 bridgehead atoms. The summed E-state index contributed by atoms with van der Waals surface area (Å²) in [5.41, 5.74) is 1.10. The molecule has 1 N–H and O–H groups in total. The van der Waals surface area contributed by atoms with Gasteiger partial charge in [0.25, 0.3) is 5.69 Å². The number of benzene rings is 2. The minimum absolute atomic E-state index is 0.0237. The van der Waals surface area contributed by atoms with Gasteiger partial charge in [0.2, 0.25) is 5.91 Å². The van der Waals surface area contributed by atoms with E-state index in [2.05, 4.69) is 11.9 Å². The number of carbonyl (C=O) groups excluding carboxylic acids is 1. The zero-order valence-electron chi connectivity index (χ0n) is 14.9. The van der Waals surface area contributed by atoms with Crippen molar-refractivity contribution in [2.75, 3.05) is 25.5 Å². The van der Waals surface area contributed by atoms with Gasteiger partial charge in [-0.05, 0) is 36.9 Å². The van der Waals surface area contributed by atoms with Crippen LogP contribution < -0.4 is 10.1 Å². The number of nitrogens with zero attached hydrogens (tertiary/aromatic N) is 2. The second-order valence-electron chi connectivity index (χ2n) is 5.89. The number of carbonyl (C=O) groups is 1. The zero-order valence-corrected chi connectivity index (χ0v) is 15.6. The van der Waals surface area contributed by atoms with Crippen molar-refractivity contribution < 1.29 is 14.5 Å². The Hall–Kier alpha value is -2.90. The van der Waals surface area contributed by atoms with E-state index in [1.54, 1.807) is 6.08 Å². The van der Waals surface area contributed by atoms with E-state index in [1.807, 2.05) is 36.2 Å². The number of halogens is 1. The lowest BCUT2D eigenvalue weighted by Crippen LogP contribution is -2.29. The molecule has 27 heavy (non-hydrogen) atoms. The largest absolute Gasteiger partial charge is 0.490 e. The van der Waals surface area contributed by atoms with Crippen LogP contribution in [0.1, 0.15) is 5.56 Å². The quantitative estimate of drug-likeness (QED) is 0.399. The van der Waals surface area contributed by atoms with Crippen molar-refractivity contribution in [2.45, 2.75) is 6.54 Å². The second-order valence-corrected chi connectivity index (χ2v) is 6.29. The van der Waals surface area contributed by atoms with Crippen molar-refractivity contribution in [2.24, 2.45) is 0 Å². The summed E-state index contributed by atoms with van der Waals surface area (Å²) in [4.78, 5) is 24.3. The number of ether oxygens (including phenoxy) is 1. The Morgan fingerprint density at radius 2 is 2.04 bits per heavy atom. The molecule has 2 aromatic rings. The molecule has 0 aliphatic heterocycles. The number of nitro benzene ring substituents is 1. The average Bonchev–Trinajstić information content (AvgIpc) is 2.62. The lowest BCUT2D eigenvalue weighted by molar-refractivity contribution is -0.384. The molecule has 142 valence electrons. The van der Waals surface area contributed by atoms with Gasteiger partial charge in [0, 0.05) is 18.3 Å². The molecule has 0 radical (unpaired) electrons. The molecular formula is C19H20ClN3O4. The lowest BCUT2D eigenvalue weighted by Gasteiger charge is -2.16. The van der Waals surface area contributed by atoms with Crippen molar-refractivity contribution in [3.05, 3.63) is 75.8 Å². The lowest BCUT2D eigenvalue weighted by atomic mass is 10.2. The number of nitro groups is 1. The highest BCUT2D eigenvalue weighted by molar-refractivity contribution is 6.32. The van der Waals surface area contributed by atoms with E-state index in [-0.39, 0.29) is 23.2 Å². The van der Waals surface area contributed by atoms with E-state index in [0.29, 0.717) is 18.8 Å². The first-order valence-electron chi connectivity index (χ1n) is 8.14. The van der Waals surface area contributed by atoms with Gasteiger partial charge in [0.05, 0.1) is 11.5 Å². The summed E-state index contributed by atoms with van der Waals surface area (Å²) in [7, 11) is 1.81. The fourth-order valence-corrected chi connectivity index (χ4v) is 2.58. The number of likely N-dealkylation sites (N-methyl/N-ethyl adjacent to an activating group) is 1.